The lowest BCUT2D eigenvalue weighted by Gasteiger charge is -2.20. The Morgan fingerprint density at radius 2 is 1.93 bits per heavy atom. The third-order valence-electron chi connectivity index (χ3n) is 5.42. The Kier molecular flexibility index (Phi) is 5.64. The Balaban J connectivity index is 1.56. The summed E-state index contributed by atoms with van der Waals surface area (Å²) in [6.45, 7) is 0.557. The van der Waals surface area contributed by atoms with Crippen molar-refractivity contribution >= 4 is 17.5 Å². The van der Waals surface area contributed by atoms with E-state index in [1.807, 2.05) is 14.1 Å². The number of carbonyl (C=O) groups is 1. The molecule has 1 aliphatic rings. The van der Waals surface area contributed by atoms with Crippen LogP contribution >= 0.6 is 0 Å². The molecule has 3 aromatic rings. The first kappa shape index (κ1) is 19.2. The SMILES string of the molecule is CN(C)c1ccc(CNc2nc(-c3ccco3)nn2C(=O)C2CCCCC2)cc1. The van der Waals surface area contributed by atoms with E-state index in [0.29, 0.717) is 24.1 Å². The first-order chi connectivity index (χ1) is 14.1. The van der Waals surface area contributed by atoms with E-state index >= 15 is 0 Å². The number of aromatic nitrogens is 3. The molecule has 0 saturated heterocycles. The van der Waals surface area contributed by atoms with E-state index in [-0.39, 0.29) is 11.8 Å². The number of hydrogen-bond donors (Lipinski definition) is 1. The molecule has 0 amide bonds. The van der Waals surface area contributed by atoms with Crippen LogP contribution in [0.4, 0.5) is 11.6 Å². The average molecular weight is 393 g/mol. The topological polar surface area (TPSA) is 76.2 Å². The van der Waals surface area contributed by atoms with Gasteiger partial charge in [0, 0.05) is 32.2 Å². The Morgan fingerprint density at radius 1 is 1.17 bits per heavy atom. The second kappa shape index (κ2) is 8.51. The van der Waals surface area contributed by atoms with Gasteiger partial charge in [-0.15, -0.1) is 5.10 Å². The number of benzene rings is 1. The van der Waals surface area contributed by atoms with Crippen LogP contribution in [-0.2, 0) is 6.54 Å². The molecule has 1 fully saturated rings. The number of hydrogen-bond acceptors (Lipinski definition) is 6. The summed E-state index contributed by atoms with van der Waals surface area (Å²) < 4.78 is 6.86. The van der Waals surface area contributed by atoms with E-state index in [4.69, 9.17) is 4.42 Å². The van der Waals surface area contributed by atoms with Gasteiger partial charge in [0.05, 0.1) is 6.26 Å². The van der Waals surface area contributed by atoms with Gasteiger partial charge in [0.2, 0.25) is 11.8 Å². The van der Waals surface area contributed by atoms with Crippen LogP contribution in [0.1, 0.15) is 42.5 Å². The molecule has 1 aromatic carbocycles. The lowest BCUT2D eigenvalue weighted by atomic mass is 9.89. The molecule has 1 N–H and O–H groups in total. The summed E-state index contributed by atoms with van der Waals surface area (Å²) >= 11 is 0. The number of carbonyl (C=O) groups excluding carboxylic acids is 1. The Bertz CT molecular complexity index is 938. The zero-order valence-corrected chi connectivity index (χ0v) is 17.0. The van der Waals surface area contributed by atoms with Gasteiger partial charge in [-0.1, -0.05) is 31.4 Å². The second-order valence-corrected chi connectivity index (χ2v) is 7.74. The number of furan rings is 1. The van der Waals surface area contributed by atoms with Crippen LogP contribution in [0.5, 0.6) is 0 Å². The molecule has 0 spiro atoms. The quantitative estimate of drug-likeness (QED) is 0.667. The van der Waals surface area contributed by atoms with E-state index in [1.54, 1.807) is 18.4 Å². The highest BCUT2D eigenvalue weighted by molar-refractivity contribution is 5.83. The molecule has 2 heterocycles. The third kappa shape index (κ3) is 4.34. The molecule has 4 rings (SSSR count). The minimum absolute atomic E-state index is 0.00910. The minimum atomic E-state index is 0.00910. The minimum Gasteiger partial charge on any atom is -0.461 e. The van der Waals surface area contributed by atoms with Crippen LogP contribution in [-0.4, -0.2) is 34.8 Å². The van der Waals surface area contributed by atoms with Crippen LogP contribution in [0.3, 0.4) is 0 Å². The zero-order chi connectivity index (χ0) is 20.2. The van der Waals surface area contributed by atoms with Gasteiger partial charge in [-0.05, 0) is 42.7 Å². The van der Waals surface area contributed by atoms with Crippen LogP contribution in [0.2, 0.25) is 0 Å². The maximum atomic E-state index is 13.1. The van der Waals surface area contributed by atoms with Crippen molar-refractivity contribution in [1.82, 2.24) is 14.8 Å². The van der Waals surface area contributed by atoms with Crippen LogP contribution in [0.15, 0.2) is 47.1 Å². The van der Waals surface area contributed by atoms with Gasteiger partial charge >= 0.3 is 0 Å². The van der Waals surface area contributed by atoms with E-state index < -0.39 is 0 Å². The van der Waals surface area contributed by atoms with Crippen molar-refractivity contribution in [2.45, 2.75) is 38.6 Å². The molecular weight excluding hydrogens is 366 g/mol. The number of nitrogens with zero attached hydrogens (tertiary/aromatic N) is 4. The van der Waals surface area contributed by atoms with Crippen LogP contribution in [0.25, 0.3) is 11.6 Å². The highest BCUT2D eigenvalue weighted by atomic mass is 16.3. The summed E-state index contributed by atoms with van der Waals surface area (Å²) in [6.07, 6.45) is 6.81. The van der Waals surface area contributed by atoms with Gasteiger partial charge in [0.25, 0.3) is 5.91 Å². The highest BCUT2D eigenvalue weighted by Crippen LogP contribution is 2.27. The van der Waals surface area contributed by atoms with E-state index in [1.165, 1.54) is 11.1 Å². The molecule has 1 aliphatic carbocycles. The smallest absolute Gasteiger partial charge is 0.253 e. The number of anilines is 2. The summed E-state index contributed by atoms with van der Waals surface area (Å²) in [5, 5.41) is 7.76. The largest absolute Gasteiger partial charge is 0.461 e. The van der Waals surface area contributed by atoms with E-state index in [0.717, 1.165) is 36.9 Å². The van der Waals surface area contributed by atoms with Crippen molar-refractivity contribution in [2.75, 3.05) is 24.3 Å². The maximum Gasteiger partial charge on any atom is 0.253 e. The number of rotatable bonds is 6. The predicted molar refractivity (Wildman–Crippen MR) is 113 cm³/mol. The van der Waals surface area contributed by atoms with Crippen molar-refractivity contribution in [1.29, 1.82) is 0 Å². The first-order valence-electron chi connectivity index (χ1n) is 10.2. The molecule has 0 bridgehead atoms. The summed E-state index contributed by atoms with van der Waals surface area (Å²) in [6, 6.07) is 11.9. The molecule has 0 aliphatic heterocycles. The third-order valence-corrected chi connectivity index (χ3v) is 5.42. The van der Waals surface area contributed by atoms with Gasteiger partial charge in [-0.25, -0.2) is 0 Å². The van der Waals surface area contributed by atoms with Crippen molar-refractivity contribution in [2.24, 2.45) is 5.92 Å². The molecule has 7 heteroatoms. The fourth-order valence-electron chi connectivity index (χ4n) is 3.71. The van der Waals surface area contributed by atoms with Crippen molar-refractivity contribution < 1.29 is 9.21 Å². The molecule has 0 atom stereocenters. The van der Waals surface area contributed by atoms with E-state index in [2.05, 4.69) is 44.6 Å². The summed E-state index contributed by atoms with van der Waals surface area (Å²) in [5.41, 5.74) is 2.25. The summed E-state index contributed by atoms with van der Waals surface area (Å²) in [4.78, 5) is 19.7. The molecular formula is C22H27N5O2. The van der Waals surface area contributed by atoms with Crippen molar-refractivity contribution in [3.63, 3.8) is 0 Å². The molecule has 0 unspecified atom stereocenters. The molecule has 1 saturated carbocycles. The summed E-state index contributed by atoms with van der Waals surface area (Å²) in [7, 11) is 4.03. The fourth-order valence-corrected chi connectivity index (χ4v) is 3.71. The molecule has 7 nitrogen and oxygen atoms in total. The van der Waals surface area contributed by atoms with Crippen LogP contribution < -0.4 is 10.2 Å². The second-order valence-electron chi connectivity index (χ2n) is 7.74. The lowest BCUT2D eigenvalue weighted by molar-refractivity contribution is 0.0787. The van der Waals surface area contributed by atoms with Crippen molar-refractivity contribution in [3.05, 3.63) is 48.2 Å². The van der Waals surface area contributed by atoms with Gasteiger partial charge in [-0.3, -0.25) is 4.79 Å². The van der Waals surface area contributed by atoms with Gasteiger partial charge < -0.3 is 14.6 Å². The van der Waals surface area contributed by atoms with Gasteiger partial charge in [0.15, 0.2) is 5.76 Å². The standard InChI is InChI=1S/C22H27N5O2/c1-26(2)18-12-10-16(11-13-18)15-23-22-24-20(19-9-6-14-29-19)25-27(22)21(28)17-7-4-3-5-8-17/h6,9-14,17H,3-5,7-8,15H2,1-2H3,(H,23,24,25). The maximum absolute atomic E-state index is 13.1. The first-order valence-corrected chi connectivity index (χ1v) is 10.2. The van der Waals surface area contributed by atoms with Crippen LogP contribution in [0, 0.1) is 5.92 Å². The normalized spacial score (nSPS) is 14.7. The zero-order valence-electron chi connectivity index (χ0n) is 17.0. The predicted octanol–water partition coefficient (Wildman–Crippen LogP) is 4.44. The van der Waals surface area contributed by atoms with Crippen molar-refractivity contribution in [3.8, 4) is 11.6 Å². The molecule has 0 radical (unpaired) electrons. The van der Waals surface area contributed by atoms with Gasteiger partial charge in [-0.2, -0.15) is 9.67 Å². The average Bonchev–Trinajstić information content (AvgIpc) is 3.42. The summed E-state index contributed by atoms with van der Waals surface area (Å²) in [5.74, 6) is 1.46. The monoisotopic (exact) mass is 393 g/mol. The Morgan fingerprint density at radius 3 is 2.59 bits per heavy atom. The number of nitrogens with one attached hydrogen (secondary N) is 1. The Labute approximate surface area is 170 Å². The van der Waals surface area contributed by atoms with E-state index in [9.17, 15) is 4.79 Å². The highest BCUT2D eigenvalue weighted by Gasteiger charge is 2.27. The lowest BCUT2D eigenvalue weighted by Crippen LogP contribution is -2.26. The fraction of sp³-hybridized carbons (Fsp3) is 0.409. The Hall–Kier alpha value is -3.09. The molecule has 152 valence electrons. The molecule has 2 aromatic heterocycles. The van der Waals surface area contributed by atoms with Gasteiger partial charge in [0.1, 0.15) is 0 Å². The molecule has 29 heavy (non-hydrogen) atoms.